The Morgan fingerprint density at radius 3 is 2.75 bits per heavy atom. The van der Waals surface area contributed by atoms with E-state index in [1.807, 2.05) is 0 Å². The number of aromatic nitrogens is 1. The highest BCUT2D eigenvalue weighted by Crippen LogP contribution is 2.36. The van der Waals surface area contributed by atoms with E-state index in [2.05, 4.69) is 4.98 Å². The number of carbonyl (C=O) groups excluding carboxylic acids is 1. The zero-order valence-electron chi connectivity index (χ0n) is 12.0. The van der Waals surface area contributed by atoms with E-state index in [1.54, 1.807) is 12.1 Å². The third-order valence-corrected chi connectivity index (χ3v) is 5.13. The van der Waals surface area contributed by atoms with Crippen LogP contribution in [0.2, 0.25) is 5.02 Å². The number of hydrogen-bond acceptors (Lipinski definition) is 3. The van der Waals surface area contributed by atoms with Crippen LogP contribution in [0.15, 0.2) is 41.4 Å². The van der Waals surface area contributed by atoms with E-state index in [4.69, 9.17) is 11.6 Å². The van der Waals surface area contributed by atoms with Gasteiger partial charge in [0.05, 0.1) is 32.8 Å². The lowest BCUT2D eigenvalue weighted by molar-refractivity contribution is -0.137. The number of fused-ring (bicyclic) bond motifs is 1. The van der Waals surface area contributed by atoms with Crippen LogP contribution in [0.4, 0.5) is 19.0 Å². The first-order valence-corrected chi connectivity index (χ1v) is 8.46. The molecule has 24 heavy (non-hydrogen) atoms. The molecule has 1 unspecified atom stereocenters. The first-order chi connectivity index (χ1) is 11.3. The number of rotatable bonds is 2. The first kappa shape index (κ1) is 16.9. The molecule has 0 saturated heterocycles. The highest BCUT2D eigenvalue weighted by molar-refractivity contribution is 7.86. The Labute approximate surface area is 142 Å². The van der Waals surface area contributed by atoms with Crippen molar-refractivity contribution in [3.8, 4) is 0 Å². The minimum absolute atomic E-state index is 0.111. The molecule has 126 valence electrons. The largest absolute Gasteiger partial charge is 0.417 e. The van der Waals surface area contributed by atoms with E-state index < -0.39 is 33.5 Å². The lowest BCUT2D eigenvalue weighted by Gasteiger charge is -2.27. The fourth-order valence-electron chi connectivity index (χ4n) is 2.38. The van der Waals surface area contributed by atoms with E-state index in [1.165, 1.54) is 17.2 Å². The number of nitrogens with zero attached hydrogens (tertiary/aromatic N) is 2. The van der Waals surface area contributed by atoms with E-state index in [0.717, 1.165) is 12.1 Å². The number of benzene rings is 1. The summed E-state index contributed by atoms with van der Waals surface area (Å²) in [5.41, 5.74) is -0.708. The molecule has 1 amide bonds. The molecule has 0 saturated carbocycles. The van der Waals surface area contributed by atoms with Crippen molar-refractivity contribution in [2.24, 2.45) is 0 Å². The molecule has 0 bridgehead atoms. The molecule has 0 aliphatic carbocycles. The van der Waals surface area contributed by atoms with Crippen LogP contribution in [0, 0.1) is 0 Å². The molecule has 2 heterocycles. The van der Waals surface area contributed by atoms with Crippen molar-refractivity contribution < 1.29 is 22.2 Å². The zero-order valence-corrected chi connectivity index (χ0v) is 13.6. The summed E-state index contributed by atoms with van der Waals surface area (Å²) in [4.78, 5) is 17.8. The topological polar surface area (TPSA) is 50.3 Å². The Hall–Kier alpha value is -1.93. The summed E-state index contributed by atoms with van der Waals surface area (Å²) in [6.45, 7) is -0.111. The Balaban J connectivity index is 1.98. The fraction of sp³-hybridized carbons (Fsp3) is 0.200. The summed E-state index contributed by atoms with van der Waals surface area (Å²) >= 11 is 5.60. The lowest BCUT2D eigenvalue weighted by Crippen LogP contribution is -2.39. The Bertz CT molecular complexity index is 842. The van der Waals surface area contributed by atoms with Gasteiger partial charge in [0.15, 0.2) is 5.82 Å². The Morgan fingerprint density at radius 2 is 2.04 bits per heavy atom. The molecule has 2 aromatic rings. The molecule has 0 N–H and O–H groups in total. The van der Waals surface area contributed by atoms with E-state index in [-0.39, 0.29) is 23.7 Å². The van der Waals surface area contributed by atoms with Crippen molar-refractivity contribution in [3.63, 3.8) is 0 Å². The molecule has 1 aromatic heterocycles. The molecule has 4 nitrogen and oxygen atoms in total. The second kappa shape index (κ2) is 6.18. The quantitative estimate of drug-likeness (QED) is 0.809. The van der Waals surface area contributed by atoms with Gasteiger partial charge in [-0.1, -0.05) is 17.7 Å². The van der Waals surface area contributed by atoms with Gasteiger partial charge in [-0.25, -0.2) is 4.98 Å². The average molecular weight is 375 g/mol. The number of carbonyl (C=O) groups is 1. The fourth-order valence-corrected chi connectivity index (χ4v) is 3.74. The maximum absolute atomic E-state index is 13.0. The smallest absolute Gasteiger partial charge is 0.291 e. The predicted molar refractivity (Wildman–Crippen MR) is 83.2 cm³/mol. The van der Waals surface area contributed by atoms with Gasteiger partial charge in [0, 0.05) is 6.20 Å². The van der Waals surface area contributed by atoms with Crippen molar-refractivity contribution in [2.45, 2.75) is 17.6 Å². The second-order valence-electron chi connectivity index (χ2n) is 5.11. The van der Waals surface area contributed by atoms with Gasteiger partial charge in [-0.05, 0) is 29.8 Å². The van der Waals surface area contributed by atoms with Crippen molar-refractivity contribution >= 4 is 34.1 Å². The number of pyridine rings is 1. The summed E-state index contributed by atoms with van der Waals surface area (Å²) in [5, 5.41) is -0.407. The molecule has 1 aromatic carbocycles. The maximum atomic E-state index is 13.0. The minimum Gasteiger partial charge on any atom is -0.291 e. The molecule has 1 aliphatic heterocycles. The van der Waals surface area contributed by atoms with E-state index in [0.29, 0.717) is 4.90 Å². The predicted octanol–water partition coefficient (Wildman–Crippen LogP) is 3.41. The molecule has 3 rings (SSSR count). The molecule has 9 heteroatoms. The maximum Gasteiger partial charge on any atom is 0.417 e. The summed E-state index contributed by atoms with van der Waals surface area (Å²) in [5.74, 6) is -0.475. The van der Waals surface area contributed by atoms with Crippen molar-refractivity contribution in [3.05, 3.63) is 52.7 Å². The SMILES string of the molecule is O=C1CS(=O)c2cccnc2N1Cc1ccc(Cl)c(C(F)(F)F)c1. The third kappa shape index (κ3) is 3.16. The molecule has 1 atom stereocenters. The van der Waals surface area contributed by atoms with Crippen LogP contribution in [0.25, 0.3) is 0 Å². The Morgan fingerprint density at radius 1 is 1.29 bits per heavy atom. The minimum atomic E-state index is -4.59. The number of halogens is 4. The van der Waals surface area contributed by atoms with Gasteiger partial charge in [-0.3, -0.25) is 13.9 Å². The van der Waals surface area contributed by atoms with Gasteiger partial charge in [0.25, 0.3) is 0 Å². The molecule has 0 radical (unpaired) electrons. The highest BCUT2D eigenvalue weighted by atomic mass is 35.5. The second-order valence-corrected chi connectivity index (χ2v) is 6.93. The van der Waals surface area contributed by atoms with E-state index >= 15 is 0 Å². The molecule has 0 spiro atoms. The number of anilines is 1. The van der Waals surface area contributed by atoms with Gasteiger partial charge in [-0.15, -0.1) is 0 Å². The summed E-state index contributed by atoms with van der Waals surface area (Å²) in [6.07, 6.45) is -3.15. The molecular formula is C15H10ClF3N2O2S. The molecular weight excluding hydrogens is 365 g/mol. The molecule has 0 fully saturated rings. The third-order valence-electron chi connectivity index (χ3n) is 3.48. The van der Waals surface area contributed by atoms with Gasteiger partial charge >= 0.3 is 6.18 Å². The van der Waals surface area contributed by atoms with Gasteiger partial charge in [0.2, 0.25) is 5.91 Å². The average Bonchev–Trinajstić information content (AvgIpc) is 2.52. The lowest BCUT2D eigenvalue weighted by atomic mass is 10.1. The van der Waals surface area contributed by atoms with Gasteiger partial charge in [-0.2, -0.15) is 13.2 Å². The van der Waals surface area contributed by atoms with Crippen molar-refractivity contribution in [1.29, 1.82) is 0 Å². The van der Waals surface area contributed by atoms with Gasteiger partial charge < -0.3 is 0 Å². The van der Waals surface area contributed by atoms with Crippen LogP contribution in [-0.4, -0.2) is 20.9 Å². The Kier molecular flexibility index (Phi) is 4.35. The van der Waals surface area contributed by atoms with Crippen LogP contribution in [0.3, 0.4) is 0 Å². The summed E-state index contributed by atoms with van der Waals surface area (Å²) < 4.78 is 50.9. The van der Waals surface area contributed by atoms with Crippen LogP contribution in [-0.2, 0) is 28.3 Å². The number of alkyl halides is 3. The summed E-state index contributed by atoms with van der Waals surface area (Å²) in [7, 11) is -1.50. The normalized spacial score (nSPS) is 17.8. The van der Waals surface area contributed by atoms with Crippen LogP contribution in [0.1, 0.15) is 11.1 Å². The van der Waals surface area contributed by atoms with Crippen LogP contribution in [0.5, 0.6) is 0 Å². The number of hydrogen-bond donors (Lipinski definition) is 0. The van der Waals surface area contributed by atoms with Crippen LogP contribution < -0.4 is 4.90 Å². The highest BCUT2D eigenvalue weighted by Gasteiger charge is 2.34. The van der Waals surface area contributed by atoms with Crippen molar-refractivity contribution in [1.82, 2.24) is 4.98 Å². The standard InChI is InChI=1S/C15H10ClF3N2O2S/c16-11-4-3-9(6-10(11)15(17,18)19)7-21-13(22)8-24(23)12-2-1-5-20-14(12)21/h1-6H,7-8H2. The first-order valence-electron chi connectivity index (χ1n) is 6.77. The molecule has 1 aliphatic rings. The van der Waals surface area contributed by atoms with Crippen LogP contribution >= 0.6 is 11.6 Å². The number of amides is 1. The van der Waals surface area contributed by atoms with Crippen molar-refractivity contribution in [2.75, 3.05) is 10.7 Å². The monoisotopic (exact) mass is 374 g/mol. The van der Waals surface area contributed by atoms with E-state index in [9.17, 15) is 22.2 Å². The zero-order chi connectivity index (χ0) is 17.5. The summed E-state index contributed by atoms with van der Waals surface area (Å²) in [6, 6.07) is 6.64. The van der Waals surface area contributed by atoms with Gasteiger partial charge in [0.1, 0.15) is 5.75 Å².